The zero-order valence-electron chi connectivity index (χ0n) is 13.4. The Kier molecular flexibility index (Phi) is 5.40. The average Bonchev–Trinajstić information content (AvgIpc) is 2.66. The van der Waals surface area contributed by atoms with E-state index in [0.717, 1.165) is 11.3 Å². The quantitative estimate of drug-likeness (QED) is 0.619. The molecule has 0 N–H and O–H groups in total. The first-order chi connectivity index (χ1) is 12.3. The summed E-state index contributed by atoms with van der Waals surface area (Å²) in [4.78, 5) is 10.2. The molecule has 5 heteroatoms. The third-order valence-corrected chi connectivity index (χ3v) is 3.78. The number of nitrogens with zero attached hydrogens (tertiary/aromatic N) is 4. The first kappa shape index (κ1) is 16.7. The Labute approximate surface area is 151 Å². The second-order valence-corrected chi connectivity index (χ2v) is 5.57. The maximum Gasteiger partial charge on any atom is 0.224 e. The van der Waals surface area contributed by atoms with Crippen LogP contribution in [0.15, 0.2) is 72.9 Å². The van der Waals surface area contributed by atoms with Gasteiger partial charge in [0.05, 0.1) is 11.3 Å². The van der Waals surface area contributed by atoms with Crippen LogP contribution < -0.4 is 4.90 Å². The zero-order chi connectivity index (χ0) is 17.5. The van der Waals surface area contributed by atoms with Crippen molar-refractivity contribution < 1.29 is 0 Å². The van der Waals surface area contributed by atoms with Crippen LogP contribution in [0.4, 0.5) is 11.5 Å². The van der Waals surface area contributed by atoms with Gasteiger partial charge in [0.2, 0.25) is 5.28 Å². The van der Waals surface area contributed by atoms with Crippen LogP contribution in [0.25, 0.3) is 6.08 Å². The molecule has 0 amide bonds. The van der Waals surface area contributed by atoms with Crippen molar-refractivity contribution >= 4 is 29.2 Å². The molecule has 0 saturated heterocycles. The number of para-hydroxylation sites is 1. The molecule has 0 atom stereocenters. The normalized spacial score (nSPS) is 10.6. The van der Waals surface area contributed by atoms with E-state index in [9.17, 15) is 5.26 Å². The van der Waals surface area contributed by atoms with Gasteiger partial charge in [0.1, 0.15) is 11.9 Å². The molecule has 2 aromatic carbocycles. The first-order valence-electron chi connectivity index (χ1n) is 7.75. The topological polar surface area (TPSA) is 52.8 Å². The highest BCUT2D eigenvalue weighted by atomic mass is 35.5. The monoisotopic (exact) mass is 346 g/mol. The lowest BCUT2D eigenvalue weighted by Crippen LogP contribution is -2.19. The Morgan fingerprint density at radius 1 is 1.04 bits per heavy atom. The molecular formula is C20H15ClN4. The molecule has 1 heterocycles. The summed E-state index contributed by atoms with van der Waals surface area (Å²) >= 11 is 5.95. The van der Waals surface area contributed by atoms with E-state index in [1.807, 2.05) is 65.6 Å². The Hall–Kier alpha value is -3.16. The van der Waals surface area contributed by atoms with E-state index in [-0.39, 0.29) is 5.28 Å². The van der Waals surface area contributed by atoms with Crippen molar-refractivity contribution in [3.05, 3.63) is 89.3 Å². The number of halogens is 1. The number of anilines is 2. The Morgan fingerprint density at radius 3 is 2.56 bits per heavy atom. The van der Waals surface area contributed by atoms with Crippen LogP contribution in [0.1, 0.15) is 11.1 Å². The van der Waals surface area contributed by atoms with E-state index in [0.29, 0.717) is 17.9 Å². The number of benzene rings is 2. The highest BCUT2D eigenvalue weighted by Crippen LogP contribution is 2.27. The molecule has 0 unspecified atom stereocenters. The third kappa shape index (κ3) is 4.23. The van der Waals surface area contributed by atoms with Gasteiger partial charge in [0, 0.05) is 12.7 Å². The lowest BCUT2D eigenvalue weighted by atomic mass is 10.1. The zero-order valence-corrected chi connectivity index (χ0v) is 14.1. The summed E-state index contributed by atoms with van der Waals surface area (Å²) in [6, 6.07) is 21.4. The minimum absolute atomic E-state index is 0.170. The number of hydrogen-bond donors (Lipinski definition) is 0. The van der Waals surface area contributed by atoms with Crippen molar-refractivity contribution in [1.29, 1.82) is 5.26 Å². The molecule has 0 aliphatic carbocycles. The minimum atomic E-state index is 0.170. The van der Waals surface area contributed by atoms with Crippen LogP contribution in [0, 0.1) is 11.3 Å². The van der Waals surface area contributed by atoms with Gasteiger partial charge in [0.15, 0.2) is 0 Å². The molecule has 3 rings (SSSR count). The summed E-state index contributed by atoms with van der Waals surface area (Å²) in [6.45, 7) is 0.543. The molecule has 3 aromatic rings. The van der Waals surface area contributed by atoms with Crippen LogP contribution in [-0.2, 0) is 0 Å². The summed E-state index contributed by atoms with van der Waals surface area (Å²) in [5.41, 5.74) is 2.46. The number of hydrogen-bond acceptors (Lipinski definition) is 4. The van der Waals surface area contributed by atoms with Gasteiger partial charge >= 0.3 is 0 Å². The van der Waals surface area contributed by atoms with Crippen molar-refractivity contribution in [2.75, 3.05) is 11.4 Å². The Bertz CT molecular complexity index is 916. The predicted octanol–water partition coefficient (Wildman–Crippen LogP) is 4.85. The fraction of sp³-hybridized carbons (Fsp3) is 0.0500. The Morgan fingerprint density at radius 2 is 1.80 bits per heavy atom. The van der Waals surface area contributed by atoms with Crippen molar-refractivity contribution in [2.45, 2.75) is 0 Å². The number of rotatable bonds is 5. The summed E-state index contributed by atoms with van der Waals surface area (Å²) in [6.07, 6.45) is 5.66. The van der Waals surface area contributed by atoms with E-state index in [4.69, 9.17) is 11.6 Å². The number of aromatic nitrogens is 2. The van der Waals surface area contributed by atoms with Crippen LogP contribution >= 0.6 is 11.6 Å². The van der Waals surface area contributed by atoms with Gasteiger partial charge in [-0.1, -0.05) is 54.6 Å². The van der Waals surface area contributed by atoms with Gasteiger partial charge in [-0.2, -0.15) is 5.26 Å². The summed E-state index contributed by atoms with van der Waals surface area (Å²) in [7, 11) is 0. The van der Waals surface area contributed by atoms with E-state index < -0.39 is 0 Å². The van der Waals surface area contributed by atoms with Gasteiger partial charge in [-0.15, -0.1) is 0 Å². The van der Waals surface area contributed by atoms with Crippen molar-refractivity contribution in [3.63, 3.8) is 0 Å². The SMILES string of the molecule is N#Cc1ccccc1N(CC=Cc1ccccc1)c1ccnc(Cl)n1. The number of nitriles is 1. The fourth-order valence-electron chi connectivity index (χ4n) is 2.45. The first-order valence-corrected chi connectivity index (χ1v) is 8.12. The minimum Gasteiger partial charge on any atom is -0.321 e. The van der Waals surface area contributed by atoms with Crippen molar-refractivity contribution in [1.82, 2.24) is 9.97 Å². The molecule has 0 saturated carbocycles. The molecule has 0 fully saturated rings. The lowest BCUT2D eigenvalue weighted by Gasteiger charge is -2.23. The maximum atomic E-state index is 9.42. The summed E-state index contributed by atoms with van der Waals surface area (Å²) < 4.78 is 0. The standard InChI is InChI=1S/C20H15ClN4/c21-20-23-13-12-19(24-20)25(18-11-5-4-10-17(18)15-22)14-6-9-16-7-2-1-3-8-16/h1-13H,14H2. The van der Waals surface area contributed by atoms with Gasteiger partial charge in [-0.05, 0) is 35.4 Å². The molecule has 0 bridgehead atoms. The predicted molar refractivity (Wildman–Crippen MR) is 101 cm³/mol. The second kappa shape index (κ2) is 8.09. The van der Waals surface area contributed by atoms with Gasteiger partial charge in [0.25, 0.3) is 0 Å². The fourth-order valence-corrected chi connectivity index (χ4v) is 2.60. The molecule has 4 nitrogen and oxygen atoms in total. The lowest BCUT2D eigenvalue weighted by molar-refractivity contribution is 1.02. The molecule has 1 aromatic heterocycles. The highest BCUT2D eigenvalue weighted by Gasteiger charge is 2.13. The molecule has 0 spiro atoms. The molecule has 0 aliphatic rings. The van der Waals surface area contributed by atoms with Gasteiger partial charge < -0.3 is 4.90 Å². The largest absolute Gasteiger partial charge is 0.321 e. The van der Waals surface area contributed by atoms with Crippen LogP contribution in [0.5, 0.6) is 0 Å². The maximum absolute atomic E-state index is 9.42. The van der Waals surface area contributed by atoms with E-state index in [1.54, 1.807) is 18.3 Å². The average molecular weight is 347 g/mol. The molecule has 122 valence electrons. The molecule has 0 radical (unpaired) electrons. The van der Waals surface area contributed by atoms with Gasteiger partial charge in [-0.3, -0.25) is 0 Å². The molecule has 0 aliphatic heterocycles. The Balaban J connectivity index is 1.95. The smallest absolute Gasteiger partial charge is 0.224 e. The molecular weight excluding hydrogens is 332 g/mol. The van der Waals surface area contributed by atoms with E-state index in [1.165, 1.54) is 0 Å². The van der Waals surface area contributed by atoms with E-state index in [2.05, 4.69) is 16.0 Å². The van der Waals surface area contributed by atoms with E-state index >= 15 is 0 Å². The summed E-state index contributed by atoms with van der Waals surface area (Å²) in [5.74, 6) is 0.639. The summed E-state index contributed by atoms with van der Waals surface area (Å²) in [5, 5.41) is 9.59. The van der Waals surface area contributed by atoms with Crippen LogP contribution in [0.3, 0.4) is 0 Å². The van der Waals surface area contributed by atoms with Crippen LogP contribution in [-0.4, -0.2) is 16.5 Å². The highest BCUT2D eigenvalue weighted by molar-refractivity contribution is 6.28. The third-order valence-electron chi connectivity index (χ3n) is 3.60. The van der Waals surface area contributed by atoms with Crippen molar-refractivity contribution in [2.24, 2.45) is 0 Å². The van der Waals surface area contributed by atoms with Crippen molar-refractivity contribution in [3.8, 4) is 6.07 Å². The molecule has 25 heavy (non-hydrogen) atoms. The van der Waals surface area contributed by atoms with Gasteiger partial charge in [-0.25, -0.2) is 9.97 Å². The van der Waals surface area contributed by atoms with Crippen LogP contribution in [0.2, 0.25) is 5.28 Å². The second-order valence-electron chi connectivity index (χ2n) is 5.24.